The van der Waals surface area contributed by atoms with Crippen molar-refractivity contribution in [3.63, 3.8) is 0 Å². The Morgan fingerprint density at radius 3 is 2.65 bits per heavy atom. The topological polar surface area (TPSA) is 44.5 Å². The Balaban J connectivity index is 2.41. The van der Waals surface area contributed by atoms with Crippen LogP contribution in [-0.2, 0) is 9.47 Å². The first-order valence-corrected chi connectivity index (χ1v) is 6.82. The van der Waals surface area contributed by atoms with Crippen LogP contribution in [0.25, 0.3) is 0 Å². The smallest absolute Gasteiger partial charge is 0.0806 e. The first-order valence-electron chi connectivity index (χ1n) is 6.82. The van der Waals surface area contributed by atoms with E-state index < -0.39 is 0 Å². The van der Waals surface area contributed by atoms with Crippen molar-refractivity contribution in [2.45, 2.75) is 64.1 Å². The predicted octanol–water partition coefficient (Wildman–Crippen LogP) is 2.73. The molecule has 0 aromatic carbocycles. The lowest BCUT2D eigenvalue weighted by molar-refractivity contribution is -0.0948. The fraction of sp³-hybridized carbons (Fsp3) is 1.00. The average molecular weight is 243 g/mol. The van der Waals surface area contributed by atoms with Crippen molar-refractivity contribution in [3.05, 3.63) is 0 Å². The molecule has 1 saturated carbocycles. The van der Waals surface area contributed by atoms with E-state index in [1.165, 1.54) is 12.8 Å². The van der Waals surface area contributed by atoms with Crippen molar-refractivity contribution in [2.75, 3.05) is 20.3 Å². The van der Waals surface area contributed by atoms with Crippen LogP contribution in [-0.4, -0.2) is 31.5 Å². The van der Waals surface area contributed by atoms with Gasteiger partial charge in [0.15, 0.2) is 0 Å². The number of ether oxygens (including phenoxy) is 2. The zero-order valence-electron chi connectivity index (χ0n) is 11.9. The summed E-state index contributed by atoms with van der Waals surface area (Å²) < 4.78 is 11.5. The average Bonchev–Trinajstić information content (AvgIpc) is 2.29. The van der Waals surface area contributed by atoms with Crippen LogP contribution in [0.3, 0.4) is 0 Å². The lowest BCUT2D eigenvalue weighted by Crippen LogP contribution is -2.45. The first kappa shape index (κ1) is 14.9. The normalized spacial score (nSPS) is 30.5. The van der Waals surface area contributed by atoms with Crippen molar-refractivity contribution in [3.8, 4) is 0 Å². The van der Waals surface area contributed by atoms with Gasteiger partial charge in [-0.15, -0.1) is 0 Å². The maximum atomic E-state index is 6.12. The third-order valence-corrected chi connectivity index (χ3v) is 4.09. The van der Waals surface area contributed by atoms with Crippen LogP contribution in [0.2, 0.25) is 0 Å². The Morgan fingerprint density at radius 1 is 1.41 bits per heavy atom. The minimum atomic E-state index is -0.101. The zero-order chi connectivity index (χ0) is 12.9. The molecule has 0 aromatic rings. The van der Waals surface area contributed by atoms with E-state index >= 15 is 0 Å². The fourth-order valence-corrected chi connectivity index (χ4v) is 2.60. The second-order valence-corrected chi connectivity index (χ2v) is 6.15. The molecular formula is C14H29NO2. The molecule has 0 spiro atoms. The van der Waals surface area contributed by atoms with E-state index in [9.17, 15) is 0 Å². The second kappa shape index (κ2) is 6.17. The number of methoxy groups -OCH3 is 1. The van der Waals surface area contributed by atoms with Gasteiger partial charge in [0, 0.05) is 13.7 Å². The standard InChI is InChI=1S/C14H29NO2/c1-12-6-5-7-14(10-12,11-15)17-9-8-13(2,3)16-4/h12H,5-11,15H2,1-4H3. The maximum Gasteiger partial charge on any atom is 0.0806 e. The van der Waals surface area contributed by atoms with E-state index in [2.05, 4.69) is 20.8 Å². The Morgan fingerprint density at radius 2 is 2.12 bits per heavy atom. The van der Waals surface area contributed by atoms with Gasteiger partial charge in [0.2, 0.25) is 0 Å². The van der Waals surface area contributed by atoms with Gasteiger partial charge in [-0.1, -0.05) is 19.8 Å². The van der Waals surface area contributed by atoms with E-state index in [0.29, 0.717) is 6.54 Å². The summed E-state index contributed by atoms with van der Waals surface area (Å²) in [6, 6.07) is 0. The van der Waals surface area contributed by atoms with Gasteiger partial charge in [-0.3, -0.25) is 0 Å². The minimum Gasteiger partial charge on any atom is -0.379 e. The molecule has 17 heavy (non-hydrogen) atoms. The molecule has 1 aliphatic carbocycles. The van der Waals surface area contributed by atoms with Crippen LogP contribution < -0.4 is 5.73 Å². The molecule has 0 radical (unpaired) electrons. The largest absolute Gasteiger partial charge is 0.379 e. The van der Waals surface area contributed by atoms with Crippen molar-refractivity contribution in [2.24, 2.45) is 11.7 Å². The van der Waals surface area contributed by atoms with Crippen LogP contribution in [0.15, 0.2) is 0 Å². The lowest BCUT2D eigenvalue weighted by atomic mass is 9.79. The van der Waals surface area contributed by atoms with Gasteiger partial charge >= 0.3 is 0 Å². The second-order valence-electron chi connectivity index (χ2n) is 6.15. The van der Waals surface area contributed by atoms with Gasteiger partial charge in [0.25, 0.3) is 0 Å². The Hall–Kier alpha value is -0.120. The Bertz CT molecular complexity index is 230. The molecule has 2 atom stereocenters. The number of rotatable bonds is 6. The quantitative estimate of drug-likeness (QED) is 0.780. The van der Waals surface area contributed by atoms with Crippen molar-refractivity contribution >= 4 is 0 Å². The summed E-state index contributed by atoms with van der Waals surface area (Å²) in [6.07, 6.45) is 5.69. The SMILES string of the molecule is COC(C)(C)CCOC1(CN)CCCC(C)C1. The number of hydrogen-bond acceptors (Lipinski definition) is 3. The first-order chi connectivity index (χ1) is 7.93. The predicted molar refractivity (Wildman–Crippen MR) is 71.1 cm³/mol. The molecule has 1 fully saturated rings. The molecule has 102 valence electrons. The maximum absolute atomic E-state index is 6.12. The van der Waals surface area contributed by atoms with Gasteiger partial charge in [0.1, 0.15) is 0 Å². The van der Waals surface area contributed by atoms with E-state index in [1.807, 2.05) is 0 Å². The van der Waals surface area contributed by atoms with Gasteiger partial charge in [0.05, 0.1) is 17.8 Å². The molecule has 0 heterocycles. The number of nitrogens with two attached hydrogens (primary N) is 1. The van der Waals surface area contributed by atoms with Crippen molar-refractivity contribution in [1.29, 1.82) is 0 Å². The molecule has 3 nitrogen and oxygen atoms in total. The molecule has 0 aromatic heterocycles. The van der Waals surface area contributed by atoms with E-state index in [4.69, 9.17) is 15.2 Å². The summed E-state index contributed by atoms with van der Waals surface area (Å²) in [5.41, 5.74) is 5.76. The van der Waals surface area contributed by atoms with Crippen molar-refractivity contribution < 1.29 is 9.47 Å². The molecule has 0 amide bonds. The Kier molecular flexibility index (Phi) is 5.42. The molecule has 1 rings (SSSR count). The van der Waals surface area contributed by atoms with E-state index in [0.717, 1.165) is 31.8 Å². The molecule has 2 unspecified atom stereocenters. The summed E-state index contributed by atoms with van der Waals surface area (Å²) in [4.78, 5) is 0. The lowest BCUT2D eigenvalue weighted by Gasteiger charge is -2.39. The third-order valence-electron chi connectivity index (χ3n) is 4.09. The summed E-state index contributed by atoms with van der Waals surface area (Å²) >= 11 is 0. The monoisotopic (exact) mass is 243 g/mol. The third kappa shape index (κ3) is 4.57. The van der Waals surface area contributed by atoms with E-state index in [-0.39, 0.29) is 11.2 Å². The van der Waals surface area contributed by atoms with Gasteiger partial charge in [-0.05, 0) is 39.0 Å². The summed E-state index contributed by atoms with van der Waals surface area (Å²) in [6.45, 7) is 7.87. The fourth-order valence-electron chi connectivity index (χ4n) is 2.60. The Labute approximate surface area is 106 Å². The van der Waals surface area contributed by atoms with Crippen LogP contribution in [0, 0.1) is 5.92 Å². The molecule has 2 N–H and O–H groups in total. The van der Waals surface area contributed by atoms with Crippen LogP contribution >= 0.6 is 0 Å². The molecule has 0 saturated heterocycles. The van der Waals surface area contributed by atoms with E-state index in [1.54, 1.807) is 7.11 Å². The van der Waals surface area contributed by atoms with Crippen LogP contribution in [0.1, 0.15) is 52.9 Å². The minimum absolute atomic E-state index is 0.0680. The highest BCUT2D eigenvalue weighted by Gasteiger charge is 2.35. The molecule has 0 bridgehead atoms. The van der Waals surface area contributed by atoms with Crippen molar-refractivity contribution in [1.82, 2.24) is 0 Å². The molecule has 3 heteroatoms. The van der Waals surface area contributed by atoms with Gasteiger partial charge < -0.3 is 15.2 Å². The van der Waals surface area contributed by atoms with Crippen LogP contribution in [0.4, 0.5) is 0 Å². The summed E-state index contributed by atoms with van der Waals surface area (Å²) in [5.74, 6) is 0.739. The van der Waals surface area contributed by atoms with Crippen LogP contribution in [0.5, 0.6) is 0 Å². The zero-order valence-corrected chi connectivity index (χ0v) is 11.9. The molecule has 0 aliphatic heterocycles. The molecule has 1 aliphatic rings. The highest BCUT2D eigenvalue weighted by atomic mass is 16.5. The summed E-state index contributed by atoms with van der Waals surface area (Å²) in [5, 5.41) is 0. The van der Waals surface area contributed by atoms with Gasteiger partial charge in [-0.25, -0.2) is 0 Å². The highest BCUT2D eigenvalue weighted by Crippen LogP contribution is 2.34. The number of hydrogen-bond donors (Lipinski definition) is 1. The van der Waals surface area contributed by atoms with Gasteiger partial charge in [-0.2, -0.15) is 0 Å². The highest BCUT2D eigenvalue weighted by molar-refractivity contribution is 4.88. The summed E-state index contributed by atoms with van der Waals surface area (Å²) in [7, 11) is 1.75. The molecular weight excluding hydrogens is 214 g/mol.